The minimum Gasteiger partial charge on any atom is -0.494 e. The van der Waals surface area contributed by atoms with E-state index in [0.717, 1.165) is 36.3 Å². The molecular formula is C24H29NO3. The number of allylic oxidation sites excluding steroid dienone is 5. The van der Waals surface area contributed by atoms with E-state index >= 15 is 0 Å². The van der Waals surface area contributed by atoms with Crippen LogP contribution in [0.3, 0.4) is 0 Å². The molecule has 0 aliphatic carbocycles. The van der Waals surface area contributed by atoms with Gasteiger partial charge in [-0.2, -0.15) is 0 Å². The highest BCUT2D eigenvalue weighted by atomic mass is 16.5. The van der Waals surface area contributed by atoms with E-state index in [1.165, 1.54) is 25.7 Å². The van der Waals surface area contributed by atoms with Gasteiger partial charge in [0.1, 0.15) is 12.0 Å². The van der Waals surface area contributed by atoms with Gasteiger partial charge in [0.2, 0.25) is 0 Å². The summed E-state index contributed by atoms with van der Waals surface area (Å²) in [5.74, 6) is 1.59. The van der Waals surface area contributed by atoms with Gasteiger partial charge in [-0.3, -0.25) is 4.79 Å². The lowest BCUT2D eigenvalue weighted by Crippen LogP contribution is -1.97. The average Bonchev–Trinajstić information content (AvgIpc) is 3.19. The van der Waals surface area contributed by atoms with E-state index in [1.54, 1.807) is 18.2 Å². The molecule has 0 bridgehead atoms. The summed E-state index contributed by atoms with van der Waals surface area (Å²) < 4.78 is 11.2. The first kappa shape index (κ1) is 21.4. The van der Waals surface area contributed by atoms with Crippen molar-refractivity contribution in [3.8, 4) is 17.1 Å². The lowest BCUT2D eigenvalue weighted by Gasteiger charge is -2.06. The molecule has 0 radical (unpaired) electrons. The molecule has 1 heterocycles. The molecule has 1 aromatic heterocycles. The summed E-state index contributed by atoms with van der Waals surface area (Å²) >= 11 is 0. The second-order valence-corrected chi connectivity index (χ2v) is 6.60. The van der Waals surface area contributed by atoms with Crippen LogP contribution in [0.4, 0.5) is 0 Å². The van der Waals surface area contributed by atoms with Crippen molar-refractivity contribution in [2.24, 2.45) is 0 Å². The van der Waals surface area contributed by atoms with Gasteiger partial charge >= 0.3 is 0 Å². The van der Waals surface area contributed by atoms with E-state index in [-0.39, 0.29) is 0 Å². The molecule has 0 saturated heterocycles. The van der Waals surface area contributed by atoms with Crippen LogP contribution in [0.25, 0.3) is 11.3 Å². The zero-order chi connectivity index (χ0) is 20.0. The third-order valence-electron chi connectivity index (χ3n) is 4.30. The molecule has 0 fully saturated rings. The molecule has 0 unspecified atom stereocenters. The maximum Gasteiger partial charge on any atom is 0.167 e. The Labute approximate surface area is 167 Å². The Morgan fingerprint density at radius 1 is 1.18 bits per heavy atom. The van der Waals surface area contributed by atoms with Crippen molar-refractivity contribution in [1.82, 2.24) is 5.16 Å². The van der Waals surface area contributed by atoms with E-state index in [4.69, 9.17) is 9.26 Å². The van der Waals surface area contributed by atoms with Crippen LogP contribution < -0.4 is 4.74 Å². The molecule has 4 heteroatoms. The third kappa shape index (κ3) is 7.39. The number of rotatable bonds is 13. The van der Waals surface area contributed by atoms with E-state index in [0.29, 0.717) is 17.8 Å². The second kappa shape index (κ2) is 12.5. The van der Waals surface area contributed by atoms with Crippen LogP contribution in [0.5, 0.6) is 5.75 Å². The molecule has 0 atom stereocenters. The molecule has 0 aliphatic heterocycles. The van der Waals surface area contributed by atoms with Gasteiger partial charge in [-0.25, -0.2) is 0 Å². The zero-order valence-electron chi connectivity index (χ0n) is 16.6. The smallest absolute Gasteiger partial charge is 0.167 e. The molecule has 0 spiro atoms. The van der Waals surface area contributed by atoms with Crippen LogP contribution in [0.15, 0.2) is 71.3 Å². The number of carbonyl (C=O) groups excluding carboxylic acids is 1. The Bertz CT molecular complexity index is 784. The quantitative estimate of drug-likeness (QED) is 0.183. The Hall–Kier alpha value is -2.88. The van der Waals surface area contributed by atoms with Crippen molar-refractivity contribution in [3.63, 3.8) is 0 Å². The van der Waals surface area contributed by atoms with Crippen LogP contribution in [0.2, 0.25) is 0 Å². The Balaban J connectivity index is 1.84. The summed E-state index contributed by atoms with van der Waals surface area (Å²) in [5, 5.41) is 4.08. The monoisotopic (exact) mass is 379 g/mol. The number of nitrogens with zero attached hydrogens (tertiary/aromatic N) is 1. The molecule has 28 heavy (non-hydrogen) atoms. The highest BCUT2D eigenvalue weighted by Crippen LogP contribution is 2.23. The molecule has 4 nitrogen and oxygen atoms in total. The van der Waals surface area contributed by atoms with Gasteiger partial charge in [0, 0.05) is 23.6 Å². The van der Waals surface area contributed by atoms with E-state index in [2.05, 4.69) is 18.7 Å². The normalized spacial score (nSPS) is 11.7. The maximum absolute atomic E-state index is 10.9. The minimum atomic E-state index is 0.569. The lowest BCUT2D eigenvalue weighted by molar-refractivity contribution is -0.104. The standard InChI is InChI=1S/C24H29NO3/c1-3-5-6-7-8-17-27-23-15-13-21(14-16-23)24-18-22(25-28-24)12-9-11-20(19-26)10-4-2/h4,9-11,13-16,18-19H,2-3,5-8,12,17H2,1H3/b11-9-,20-10+. The van der Waals surface area contributed by atoms with E-state index < -0.39 is 0 Å². The first-order valence-corrected chi connectivity index (χ1v) is 9.90. The maximum atomic E-state index is 10.9. The third-order valence-corrected chi connectivity index (χ3v) is 4.30. The average molecular weight is 380 g/mol. The number of carbonyl (C=O) groups is 1. The highest BCUT2D eigenvalue weighted by molar-refractivity contribution is 5.77. The zero-order valence-corrected chi connectivity index (χ0v) is 16.6. The van der Waals surface area contributed by atoms with E-state index in [1.807, 2.05) is 36.4 Å². The van der Waals surface area contributed by atoms with Crippen LogP contribution in [-0.4, -0.2) is 18.0 Å². The highest BCUT2D eigenvalue weighted by Gasteiger charge is 2.06. The fourth-order valence-electron chi connectivity index (χ4n) is 2.74. The first-order chi connectivity index (χ1) is 13.8. The van der Waals surface area contributed by atoms with Gasteiger partial charge in [0.25, 0.3) is 0 Å². The molecular weight excluding hydrogens is 350 g/mol. The van der Waals surface area contributed by atoms with E-state index in [9.17, 15) is 4.79 Å². The summed E-state index contributed by atoms with van der Waals surface area (Å²) in [7, 11) is 0. The van der Waals surface area contributed by atoms with Crippen molar-refractivity contribution in [2.75, 3.05) is 6.61 Å². The molecule has 2 rings (SSSR count). The van der Waals surface area contributed by atoms with Gasteiger partial charge in [0.15, 0.2) is 5.76 Å². The van der Waals surface area contributed by atoms with Crippen LogP contribution in [0, 0.1) is 0 Å². The van der Waals surface area contributed by atoms with Gasteiger partial charge in [0.05, 0.1) is 12.3 Å². The fourth-order valence-corrected chi connectivity index (χ4v) is 2.74. The molecule has 148 valence electrons. The minimum absolute atomic E-state index is 0.569. The number of aromatic nitrogens is 1. The van der Waals surface area contributed by atoms with Gasteiger partial charge in [-0.1, -0.05) is 68.6 Å². The molecule has 2 aromatic rings. The number of benzene rings is 1. The molecule has 0 saturated carbocycles. The lowest BCUT2D eigenvalue weighted by atomic mass is 10.1. The topological polar surface area (TPSA) is 52.3 Å². The molecule has 1 aromatic carbocycles. The van der Waals surface area contributed by atoms with Crippen molar-refractivity contribution in [3.05, 3.63) is 72.5 Å². The van der Waals surface area contributed by atoms with Gasteiger partial charge < -0.3 is 9.26 Å². The van der Waals surface area contributed by atoms with Gasteiger partial charge in [-0.05, 0) is 30.7 Å². The van der Waals surface area contributed by atoms with Crippen molar-refractivity contribution in [1.29, 1.82) is 0 Å². The predicted octanol–water partition coefficient (Wildman–Crippen LogP) is 6.10. The number of unbranched alkanes of at least 4 members (excludes halogenated alkanes) is 4. The number of ether oxygens (including phenoxy) is 1. The van der Waals surface area contributed by atoms with Crippen LogP contribution in [-0.2, 0) is 11.2 Å². The van der Waals surface area contributed by atoms with Crippen molar-refractivity contribution < 1.29 is 14.1 Å². The molecule has 0 N–H and O–H groups in total. The molecule has 0 aliphatic rings. The summed E-state index contributed by atoms with van der Waals surface area (Å²) in [6.45, 7) is 6.56. The summed E-state index contributed by atoms with van der Waals surface area (Å²) in [5.41, 5.74) is 2.33. The Morgan fingerprint density at radius 2 is 1.96 bits per heavy atom. The largest absolute Gasteiger partial charge is 0.494 e. The van der Waals surface area contributed by atoms with Crippen molar-refractivity contribution in [2.45, 2.75) is 45.4 Å². The van der Waals surface area contributed by atoms with Crippen molar-refractivity contribution >= 4 is 6.29 Å². The number of hydrogen-bond acceptors (Lipinski definition) is 4. The predicted molar refractivity (Wildman–Crippen MR) is 113 cm³/mol. The SMILES string of the molecule is C=C/C=C(C=O)\C=C/Cc1cc(-c2ccc(OCCCCCCC)cc2)on1. The van der Waals surface area contributed by atoms with Crippen LogP contribution in [0.1, 0.15) is 44.7 Å². The number of hydrogen-bond donors (Lipinski definition) is 0. The Morgan fingerprint density at radius 3 is 2.68 bits per heavy atom. The second-order valence-electron chi connectivity index (χ2n) is 6.60. The fraction of sp³-hybridized carbons (Fsp3) is 0.333. The van der Waals surface area contributed by atoms with Gasteiger partial charge in [-0.15, -0.1) is 0 Å². The first-order valence-electron chi connectivity index (χ1n) is 9.90. The molecule has 0 amide bonds. The summed E-state index contributed by atoms with van der Waals surface area (Å²) in [6.07, 6.45) is 14.4. The summed E-state index contributed by atoms with van der Waals surface area (Å²) in [6, 6.07) is 9.78. The van der Waals surface area contributed by atoms with Crippen LogP contribution >= 0.6 is 0 Å². The Kier molecular flexibility index (Phi) is 9.56. The summed E-state index contributed by atoms with van der Waals surface area (Å²) in [4.78, 5) is 10.9. The number of aldehydes is 1.